The fraction of sp³-hybridized carbons (Fsp3) is 0.667. The Hall–Kier alpha value is -1.33. The number of hydroxylamine groups is 1. The van der Waals surface area contributed by atoms with E-state index in [9.17, 15) is 10.0 Å². The van der Waals surface area contributed by atoms with Crippen LogP contribution in [0.25, 0.3) is 0 Å². The lowest BCUT2D eigenvalue weighted by atomic mass is 10.4. The number of carboxylic acid groups (broad SMARTS) is 1. The molecule has 0 amide bonds. The molecule has 0 spiro atoms. The van der Waals surface area contributed by atoms with Crippen LogP contribution in [0, 0.1) is 5.21 Å². The Kier molecular flexibility index (Phi) is 2.43. The first-order chi connectivity index (χ1) is 4.09. The Morgan fingerprint density at radius 1 is 1.89 bits per heavy atom. The number of carboxylic acids is 1. The molecule has 6 heteroatoms. The van der Waals surface area contributed by atoms with Crippen molar-refractivity contribution in [1.82, 2.24) is 0 Å². The Morgan fingerprint density at radius 3 is 2.44 bits per heavy atom. The zero-order valence-corrected chi connectivity index (χ0v) is 4.68. The number of hydrogen-bond donors (Lipinski definition) is 2. The third-order valence-electron chi connectivity index (χ3n) is 0.777. The highest BCUT2D eigenvalue weighted by atomic mass is 16.6. The maximum Gasteiger partial charge on any atom is 0.376 e. The summed E-state index contributed by atoms with van der Waals surface area (Å²) in [5.74, 6) is -1.33. The summed E-state index contributed by atoms with van der Waals surface area (Å²) < 4.78 is 0. The van der Waals surface area contributed by atoms with Crippen LogP contribution in [-0.4, -0.2) is 27.2 Å². The summed E-state index contributed by atoms with van der Waals surface area (Å²) in [5, 5.41) is 28.0. The van der Waals surface area contributed by atoms with E-state index in [4.69, 9.17) is 10.3 Å². The van der Waals surface area contributed by atoms with E-state index < -0.39 is 12.0 Å². The highest BCUT2D eigenvalue weighted by Gasteiger charge is 2.20. The predicted octanol–water partition coefficient (Wildman–Crippen LogP) is -0.189. The molecule has 0 aromatic rings. The summed E-state index contributed by atoms with van der Waals surface area (Å²) in [5.41, 5.74) is 0. The number of hydrogen-bond acceptors (Lipinski definition) is 3. The van der Waals surface area contributed by atoms with Crippen molar-refractivity contribution in [1.29, 1.82) is 0 Å². The molecule has 0 rings (SSSR count). The van der Waals surface area contributed by atoms with Gasteiger partial charge in [0, 0.05) is 6.92 Å². The molecule has 52 valence electrons. The van der Waals surface area contributed by atoms with Gasteiger partial charge in [0.05, 0.1) is 0 Å². The van der Waals surface area contributed by atoms with Crippen LogP contribution >= 0.6 is 0 Å². The van der Waals surface area contributed by atoms with E-state index in [1.807, 2.05) is 0 Å². The van der Waals surface area contributed by atoms with Gasteiger partial charge in [0.2, 0.25) is 0 Å². The van der Waals surface area contributed by atoms with Gasteiger partial charge in [0.1, 0.15) is 0 Å². The SMILES string of the molecule is CC(C(=O)O)/[N+]([O-])=N/O. The normalized spacial score (nSPS) is 15.0. The molecular weight excluding hydrogens is 128 g/mol. The van der Waals surface area contributed by atoms with Crippen LogP contribution in [0.4, 0.5) is 0 Å². The van der Waals surface area contributed by atoms with Gasteiger partial charge in [0.15, 0.2) is 5.28 Å². The fourth-order valence-electron chi connectivity index (χ4n) is 0.172. The summed E-state index contributed by atoms with van der Waals surface area (Å²) in [6.07, 6.45) is 0. The van der Waals surface area contributed by atoms with Crippen molar-refractivity contribution in [3.63, 3.8) is 0 Å². The first-order valence-electron chi connectivity index (χ1n) is 2.13. The van der Waals surface area contributed by atoms with Gasteiger partial charge in [-0.1, -0.05) is 0 Å². The standard InChI is InChI=1S/C3H6N2O4/c1-2(3(6)7)5(9)4-8/h2,8H,1H3,(H,6,7)/b5-4-. The zero-order chi connectivity index (χ0) is 7.44. The summed E-state index contributed by atoms with van der Waals surface area (Å²) in [4.78, 5) is 9.58. The minimum atomic E-state index is -1.34. The average Bonchev–Trinajstić information content (AvgIpc) is 1.84. The Labute approximate surface area is 50.6 Å². The maximum atomic E-state index is 10.1. The summed E-state index contributed by atoms with van der Waals surface area (Å²) in [7, 11) is 0. The van der Waals surface area contributed by atoms with Crippen molar-refractivity contribution >= 4 is 5.97 Å². The number of carbonyl (C=O) groups is 1. The van der Waals surface area contributed by atoms with Crippen LogP contribution in [0.1, 0.15) is 6.92 Å². The molecule has 1 unspecified atom stereocenters. The van der Waals surface area contributed by atoms with Crippen molar-refractivity contribution in [3.8, 4) is 0 Å². The van der Waals surface area contributed by atoms with E-state index in [2.05, 4.69) is 5.28 Å². The minimum Gasteiger partial charge on any atom is -0.597 e. The molecule has 9 heavy (non-hydrogen) atoms. The number of rotatable bonds is 2. The van der Waals surface area contributed by atoms with E-state index in [1.165, 1.54) is 0 Å². The Bertz CT molecular complexity index is 143. The van der Waals surface area contributed by atoms with E-state index in [0.29, 0.717) is 0 Å². The van der Waals surface area contributed by atoms with Crippen molar-refractivity contribution in [3.05, 3.63) is 5.21 Å². The molecule has 0 aliphatic carbocycles. The largest absolute Gasteiger partial charge is 0.597 e. The second kappa shape index (κ2) is 2.85. The van der Waals surface area contributed by atoms with Gasteiger partial charge in [-0.15, -0.1) is 0 Å². The third-order valence-corrected chi connectivity index (χ3v) is 0.777. The number of nitrogens with zero attached hydrogens (tertiary/aromatic N) is 2. The monoisotopic (exact) mass is 134 g/mol. The first-order valence-corrected chi connectivity index (χ1v) is 2.13. The molecule has 0 aromatic carbocycles. The minimum absolute atomic E-state index is 0.303. The van der Waals surface area contributed by atoms with E-state index in [1.54, 1.807) is 0 Å². The fourth-order valence-corrected chi connectivity index (χ4v) is 0.172. The van der Waals surface area contributed by atoms with Crippen LogP contribution in [0.2, 0.25) is 0 Å². The van der Waals surface area contributed by atoms with Crippen LogP contribution in [0.3, 0.4) is 0 Å². The highest BCUT2D eigenvalue weighted by molar-refractivity contribution is 5.71. The predicted molar refractivity (Wildman–Crippen MR) is 24.9 cm³/mol. The van der Waals surface area contributed by atoms with Crippen molar-refractivity contribution in [2.45, 2.75) is 13.0 Å². The second-order valence-electron chi connectivity index (χ2n) is 1.41. The number of aliphatic carboxylic acids is 1. The van der Waals surface area contributed by atoms with Crippen LogP contribution in [0.5, 0.6) is 0 Å². The topological polar surface area (TPSA) is 96.0 Å². The quantitative estimate of drug-likeness (QED) is 0.311. The van der Waals surface area contributed by atoms with Crippen LogP contribution < -0.4 is 0 Å². The highest BCUT2D eigenvalue weighted by Crippen LogP contribution is 1.87. The molecule has 0 fully saturated rings. The molecule has 0 saturated carbocycles. The third kappa shape index (κ3) is 1.94. The van der Waals surface area contributed by atoms with Gasteiger partial charge in [0.25, 0.3) is 6.04 Å². The van der Waals surface area contributed by atoms with Crippen LogP contribution in [-0.2, 0) is 4.79 Å². The molecule has 0 aliphatic heterocycles. The van der Waals surface area contributed by atoms with E-state index in [-0.39, 0.29) is 4.86 Å². The second-order valence-corrected chi connectivity index (χ2v) is 1.41. The molecule has 2 N–H and O–H groups in total. The zero-order valence-electron chi connectivity index (χ0n) is 4.68. The lowest BCUT2D eigenvalue weighted by Crippen LogP contribution is -2.25. The molecule has 0 radical (unpaired) electrons. The van der Waals surface area contributed by atoms with Crippen molar-refractivity contribution in [2.75, 3.05) is 0 Å². The first kappa shape index (κ1) is 7.67. The Morgan fingerprint density at radius 2 is 2.33 bits per heavy atom. The molecule has 6 nitrogen and oxygen atoms in total. The van der Waals surface area contributed by atoms with Crippen LogP contribution in [0.15, 0.2) is 5.28 Å². The maximum absolute atomic E-state index is 10.1. The van der Waals surface area contributed by atoms with E-state index >= 15 is 0 Å². The van der Waals surface area contributed by atoms with Gasteiger partial charge in [-0.05, 0) is 4.86 Å². The van der Waals surface area contributed by atoms with Crippen molar-refractivity contribution in [2.24, 2.45) is 5.28 Å². The average molecular weight is 134 g/mol. The van der Waals surface area contributed by atoms with Gasteiger partial charge in [-0.3, -0.25) is 0 Å². The molecule has 1 atom stereocenters. The van der Waals surface area contributed by atoms with Gasteiger partial charge < -0.3 is 15.5 Å². The summed E-state index contributed by atoms with van der Waals surface area (Å²) >= 11 is 0. The van der Waals surface area contributed by atoms with Gasteiger partial charge in [-0.25, -0.2) is 4.79 Å². The molecule has 0 saturated heterocycles. The van der Waals surface area contributed by atoms with E-state index in [0.717, 1.165) is 6.92 Å². The lowest BCUT2D eigenvalue weighted by Gasteiger charge is -1.99. The van der Waals surface area contributed by atoms with Gasteiger partial charge in [-0.2, -0.15) is 0 Å². The molecule has 0 bridgehead atoms. The molecule has 0 aromatic heterocycles. The molecule has 0 heterocycles. The summed E-state index contributed by atoms with van der Waals surface area (Å²) in [6.45, 7) is 1.11. The van der Waals surface area contributed by atoms with Gasteiger partial charge >= 0.3 is 5.97 Å². The molecular formula is C3H6N2O4. The molecule has 0 aliphatic rings. The van der Waals surface area contributed by atoms with Crippen molar-refractivity contribution < 1.29 is 20.0 Å². The smallest absolute Gasteiger partial charge is 0.376 e. The Balaban J connectivity index is 4.04. The lowest BCUT2D eigenvalue weighted by molar-refractivity contribution is -0.576. The summed E-state index contributed by atoms with van der Waals surface area (Å²) in [6, 6.07) is -1.34.